The van der Waals surface area contributed by atoms with Crippen LogP contribution in [0.4, 0.5) is 0 Å². The van der Waals surface area contributed by atoms with Crippen molar-refractivity contribution in [2.45, 2.75) is 32.7 Å². The van der Waals surface area contributed by atoms with E-state index in [1.807, 2.05) is 32.0 Å². The highest BCUT2D eigenvalue weighted by Crippen LogP contribution is 2.31. The molecule has 1 atom stereocenters. The van der Waals surface area contributed by atoms with E-state index in [-0.39, 0.29) is 6.04 Å². The van der Waals surface area contributed by atoms with E-state index < -0.39 is 0 Å². The lowest BCUT2D eigenvalue weighted by Gasteiger charge is -2.15. The van der Waals surface area contributed by atoms with Crippen molar-refractivity contribution in [2.24, 2.45) is 5.73 Å². The summed E-state index contributed by atoms with van der Waals surface area (Å²) in [6.07, 6.45) is 6.70. The van der Waals surface area contributed by atoms with Crippen LogP contribution in [-0.2, 0) is 0 Å². The molecular weight excluding hydrogens is 226 g/mol. The van der Waals surface area contributed by atoms with Crippen molar-refractivity contribution in [2.75, 3.05) is 13.2 Å². The Bertz CT molecular complexity index is 409. The molecule has 0 saturated heterocycles. The molecule has 0 spiro atoms. The third kappa shape index (κ3) is 3.97. The van der Waals surface area contributed by atoms with Crippen LogP contribution in [0.25, 0.3) is 0 Å². The molecule has 0 amide bonds. The summed E-state index contributed by atoms with van der Waals surface area (Å²) in [5, 5.41) is 0. The van der Waals surface area contributed by atoms with Crippen LogP contribution in [-0.4, -0.2) is 13.2 Å². The summed E-state index contributed by atoms with van der Waals surface area (Å²) in [7, 11) is 0. The lowest BCUT2D eigenvalue weighted by atomic mass is 10.0. The zero-order valence-electron chi connectivity index (χ0n) is 11.1. The molecule has 0 heterocycles. The van der Waals surface area contributed by atoms with E-state index in [0.717, 1.165) is 23.5 Å². The van der Waals surface area contributed by atoms with Gasteiger partial charge in [-0.3, -0.25) is 0 Å². The number of terminal acetylenes is 1. The first-order valence-corrected chi connectivity index (χ1v) is 6.31. The first kappa shape index (κ1) is 14.4. The van der Waals surface area contributed by atoms with Crippen LogP contribution in [0, 0.1) is 12.3 Å². The largest absolute Gasteiger partial charge is 0.490 e. The van der Waals surface area contributed by atoms with Gasteiger partial charge in [-0.05, 0) is 38.0 Å². The average Bonchev–Trinajstić information content (AvgIpc) is 2.38. The van der Waals surface area contributed by atoms with Gasteiger partial charge in [0.15, 0.2) is 11.5 Å². The number of rotatable bonds is 7. The number of ether oxygens (including phenoxy) is 2. The van der Waals surface area contributed by atoms with Gasteiger partial charge in [0, 0.05) is 12.5 Å². The number of hydrogen-bond acceptors (Lipinski definition) is 3. The average molecular weight is 247 g/mol. The molecule has 0 radical (unpaired) electrons. The van der Waals surface area contributed by atoms with Gasteiger partial charge in [-0.15, -0.1) is 12.3 Å². The predicted molar refractivity (Wildman–Crippen MR) is 73.8 cm³/mol. The second-order valence-corrected chi connectivity index (χ2v) is 3.92. The Balaban J connectivity index is 2.88. The standard InChI is InChI=1S/C15H21NO2/c1-4-7-8-13(16)12-9-10-14(17-5-2)15(11-12)18-6-3/h1,9-11,13H,5-8,16H2,2-3H3. The molecule has 1 aromatic rings. The summed E-state index contributed by atoms with van der Waals surface area (Å²) in [5.74, 6) is 4.10. The highest BCUT2D eigenvalue weighted by Gasteiger charge is 2.10. The molecule has 1 aromatic carbocycles. The highest BCUT2D eigenvalue weighted by atomic mass is 16.5. The van der Waals surface area contributed by atoms with E-state index in [1.54, 1.807) is 0 Å². The van der Waals surface area contributed by atoms with Crippen LogP contribution >= 0.6 is 0 Å². The van der Waals surface area contributed by atoms with Crippen LogP contribution in [0.2, 0.25) is 0 Å². The molecule has 18 heavy (non-hydrogen) atoms. The van der Waals surface area contributed by atoms with Crippen LogP contribution in [0.15, 0.2) is 18.2 Å². The summed E-state index contributed by atoms with van der Waals surface area (Å²) in [4.78, 5) is 0. The third-order valence-electron chi connectivity index (χ3n) is 2.60. The molecule has 0 saturated carbocycles. The second-order valence-electron chi connectivity index (χ2n) is 3.92. The van der Waals surface area contributed by atoms with E-state index in [9.17, 15) is 0 Å². The van der Waals surface area contributed by atoms with Crippen molar-refractivity contribution in [1.82, 2.24) is 0 Å². The van der Waals surface area contributed by atoms with Gasteiger partial charge in [0.1, 0.15) is 0 Å². The van der Waals surface area contributed by atoms with Gasteiger partial charge in [-0.25, -0.2) is 0 Å². The van der Waals surface area contributed by atoms with Gasteiger partial charge in [-0.1, -0.05) is 6.07 Å². The van der Waals surface area contributed by atoms with E-state index in [0.29, 0.717) is 19.6 Å². The zero-order chi connectivity index (χ0) is 13.4. The van der Waals surface area contributed by atoms with Crippen molar-refractivity contribution >= 4 is 0 Å². The summed E-state index contributed by atoms with van der Waals surface area (Å²) in [6, 6.07) is 5.75. The van der Waals surface area contributed by atoms with E-state index >= 15 is 0 Å². The molecule has 0 aliphatic carbocycles. The molecule has 3 nitrogen and oxygen atoms in total. The summed E-state index contributed by atoms with van der Waals surface area (Å²) < 4.78 is 11.1. The minimum absolute atomic E-state index is 0.0593. The topological polar surface area (TPSA) is 44.5 Å². The predicted octanol–water partition coefficient (Wildman–Crippen LogP) is 2.90. The first-order chi connectivity index (χ1) is 8.72. The highest BCUT2D eigenvalue weighted by molar-refractivity contribution is 5.43. The van der Waals surface area contributed by atoms with Crippen molar-refractivity contribution in [1.29, 1.82) is 0 Å². The number of hydrogen-bond donors (Lipinski definition) is 1. The fraction of sp³-hybridized carbons (Fsp3) is 0.467. The molecule has 98 valence electrons. The van der Waals surface area contributed by atoms with Gasteiger partial charge in [-0.2, -0.15) is 0 Å². The number of benzene rings is 1. The van der Waals surface area contributed by atoms with Crippen LogP contribution < -0.4 is 15.2 Å². The van der Waals surface area contributed by atoms with Crippen molar-refractivity contribution in [3.8, 4) is 23.8 Å². The summed E-state index contributed by atoms with van der Waals surface area (Å²) in [5.41, 5.74) is 7.10. The Hall–Kier alpha value is -1.66. The Morgan fingerprint density at radius 3 is 2.50 bits per heavy atom. The molecule has 0 aromatic heterocycles. The maximum atomic E-state index is 6.08. The monoisotopic (exact) mass is 247 g/mol. The van der Waals surface area contributed by atoms with E-state index in [4.69, 9.17) is 21.6 Å². The SMILES string of the molecule is C#CCCC(N)c1ccc(OCC)c(OCC)c1. The van der Waals surface area contributed by atoms with Gasteiger partial charge in [0.05, 0.1) is 13.2 Å². The first-order valence-electron chi connectivity index (χ1n) is 6.31. The normalized spacial score (nSPS) is 11.7. The maximum absolute atomic E-state index is 6.08. The molecule has 0 bridgehead atoms. The Morgan fingerprint density at radius 1 is 1.22 bits per heavy atom. The van der Waals surface area contributed by atoms with Gasteiger partial charge < -0.3 is 15.2 Å². The van der Waals surface area contributed by atoms with Crippen LogP contribution in [0.3, 0.4) is 0 Å². The molecule has 0 fully saturated rings. The lowest BCUT2D eigenvalue weighted by molar-refractivity contribution is 0.287. The molecule has 1 unspecified atom stereocenters. The molecule has 2 N–H and O–H groups in total. The third-order valence-corrected chi connectivity index (χ3v) is 2.60. The van der Waals surface area contributed by atoms with Crippen LogP contribution in [0.1, 0.15) is 38.3 Å². The fourth-order valence-electron chi connectivity index (χ4n) is 1.70. The molecule has 0 aliphatic heterocycles. The fourth-order valence-corrected chi connectivity index (χ4v) is 1.70. The summed E-state index contributed by atoms with van der Waals surface area (Å²) in [6.45, 7) is 5.11. The number of nitrogens with two attached hydrogens (primary N) is 1. The quantitative estimate of drug-likeness (QED) is 0.753. The van der Waals surface area contributed by atoms with E-state index in [1.165, 1.54) is 0 Å². The van der Waals surface area contributed by atoms with Crippen molar-refractivity contribution < 1.29 is 9.47 Å². The summed E-state index contributed by atoms with van der Waals surface area (Å²) >= 11 is 0. The van der Waals surface area contributed by atoms with Gasteiger partial charge >= 0.3 is 0 Å². The zero-order valence-corrected chi connectivity index (χ0v) is 11.1. The van der Waals surface area contributed by atoms with Gasteiger partial charge in [0.2, 0.25) is 0 Å². The van der Waals surface area contributed by atoms with Crippen LogP contribution in [0.5, 0.6) is 11.5 Å². The maximum Gasteiger partial charge on any atom is 0.161 e. The van der Waals surface area contributed by atoms with Crippen molar-refractivity contribution in [3.05, 3.63) is 23.8 Å². The van der Waals surface area contributed by atoms with Crippen molar-refractivity contribution in [3.63, 3.8) is 0 Å². The molecule has 1 rings (SSSR count). The minimum Gasteiger partial charge on any atom is -0.490 e. The second kappa shape index (κ2) is 7.62. The Kier molecular flexibility index (Phi) is 6.10. The Labute approximate surface area is 109 Å². The smallest absolute Gasteiger partial charge is 0.161 e. The van der Waals surface area contributed by atoms with E-state index in [2.05, 4.69) is 5.92 Å². The Morgan fingerprint density at radius 2 is 1.89 bits per heavy atom. The molecule has 3 heteroatoms. The molecular formula is C15H21NO2. The molecule has 0 aliphatic rings. The minimum atomic E-state index is -0.0593. The lowest BCUT2D eigenvalue weighted by Crippen LogP contribution is -2.10. The van der Waals surface area contributed by atoms with Gasteiger partial charge in [0.25, 0.3) is 0 Å².